The van der Waals surface area contributed by atoms with Gasteiger partial charge in [-0.15, -0.1) is 0 Å². The van der Waals surface area contributed by atoms with Crippen LogP contribution in [-0.4, -0.2) is 23.9 Å². The third-order valence-corrected chi connectivity index (χ3v) is 3.99. The maximum atomic E-state index is 12.1. The number of benzene rings is 1. The number of nitrogens with two attached hydrogens (primary N) is 1. The Hall–Kier alpha value is -2.19. The fourth-order valence-corrected chi connectivity index (χ4v) is 2.46. The number of hydrogen-bond acceptors (Lipinski definition) is 4. The van der Waals surface area contributed by atoms with Crippen molar-refractivity contribution in [2.45, 2.75) is 17.9 Å². The summed E-state index contributed by atoms with van der Waals surface area (Å²) in [6, 6.07) is 5.80. The molecule has 1 heterocycles. The number of rotatable bonds is 4. The molecule has 1 atom stereocenters. The summed E-state index contributed by atoms with van der Waals surface area (Å²) in [7, 11) is -2.05. The average Bonchev–Trinajstić information content (AvgIpc) is 2.84. The van der Waals surface area contributed by atoms with E-state index in [4.69, 9.17) is 5.14 Å². The fraction of sp³-hybridized carbons (Fsp3) is 0.231. The molecule has 2 rings (SSSR count). The summed E-state index contributed by atoms with van der Waals surface area (Å²) in [5.74, 6) is -0.288. The smallest absolute Gasteiger partial charge is 0.270 e. The van der Waals surface area contributed by atoms with Crippen LogP contribution in [0.5, 0.6) is 0 Å². The van der Waals surface area contributed by atoms with E-state index in [2.05, 4.69) is 10.3 Å². The number of imidazole rings is 1. The molecule has 1 aromatic carbocycles. The number of carbonyl (C=O) groups excluding carboxylic acids is 1. The molecule has 1 amide bonds. The van der Waals surface area contributed by atoms with Crippen molar-refractivity contribution in [2.24, 2.45) is 12.2 Å². The van der Waals surface area contributed by atoms with Gasteiger partial charge in [-0.25, -0.2) is 18.5 Å². The number of aryl methyl sites for hydroxylation is 1. The Morgan fingerprint density at radius 2 is 2.14 bits per heavy atom. The first-order chi connectivity index (χ1) is 9.79. The van der Waals surface area contributed by atoms with Gasteiger partial charge in [0.1, 0.15) is 5.69 Å². The highest BCUT2D eigenvalue weighted by Crippen LogP contribution is 2.17. The van der Waals surface area contributed by atoms with Gasteiger partial charge < -0.3 is 9.88 Å². The van der Waals surface area contributed by atoms with Crippen molar-refractivity contribution in [3.05, 3.63) is 48.0 Å². The van der Waals surface area contributed by atoms with E-state index in [1.165, 1.54) is 24.7 Å². The molecule has 21 heavy (non-hydrogen) atoms. The van der Waals surface area contributed by atoms with E-state index < -0.39 is 10.0 Å². The summed E-state index contributed by atoms with van der Waals surface area (Å²) in [5.41, 5.74) is 1.07. The monoisotopic (exact) mass is 308 g/mol. The van der Waals surface area contributed by atoms with Crippen molar-refractivity contribution in [3.8, 4) is 0 Å². The molecule has 0 bridgehead atoms. The van der Waals surface area contributed by atoms with Crippen LogP contribution in [-0.2, 0) is 17.1 Å². The molecule has 1 aromatic heterocycles. The first kappa shape index (κ1) is 15.2. The molecule has 0 radical (unpaired) electrons. The molecule has 0 spiro atoms. The van der Waals surface area contributed by atoms with Gasteiger partial charge in [-0.3, -0.25) is 4.79 Å². The summed E-state index contributed by atoms with van der Waals surface area (Å²) in [6.07, 6.45) is 2.99. The zero-order chi connectivity index (χ0) is 15.6. The normalized spacial score (nSPS) is 12.9. The average molecular weight is 308 g/mol. The van der Waals surface area contributed by atoms with Gasteiger partial charge in [0.05, 0.1) is 23.5 Å². The largest absolute Gasteiger partial charge is 0.344 e. The van der Waals surface area contributed by atoms with Crippen LogP contribution < -0.4 is 10.5 Å². The van der Waals surface area contributed by atoms with Gasteiger partial charge in [-0.2, -0.15) is 0 Å². The van der Waals surface area contributed by atoms with Gasteiger partial charge in [0, 0.05) is 7.05 Å². The van der Waals surface area contributed by atoms with Gasteiger partial charge >= 0.3 is 0 Å². The zero-order valence-corrected chi connectivity index (χ0v) is 12.5. The van der Waals surface area contributed by atoms with E-state index >= 15 is 0 Å². The number of primary sulfonamides is 1. The molecular formula is C13H16N4O3S. The van der Waals surface area contributed by atoms with E-state index in [1.807, 2.05) is 0 Å². The van der Waals surface area contributed by atoms with Crippen LogP contribution in [0.15, 0.2) is 41.7 Å². The first-order valence-electron chi connectivity index (χ1n) is 6.19. The minimum Gasteiger partial charge on any atom is -0.344 e. The summed E-state index contributed by atoms with van der Waals surface area (Å²) >= 11 is 0. The van der Waals surface area contributed by atoms with Crippen LogP contribution in [0.4, 0.5) is 0 Å². The summed E-state index contributed by atoms with van der Waals surface area (Å²) < 4.78 is 24.3. The number of nitrogens with one attached hydrogen (secondary N) is 1. The van der Waals surface area contributed by atoms with Crippen molar-refractivity contribution in [2.75, 3.05) is 0 Å². The van der Waals surface area contributed by atoms with Gasteiger partial charge in [0.15, 0.2) is 0 Å². The third-order valence-electron chi connectivity index (χ3n) is 3.08. The Labute approximate surface area is 122 Å². The number of amides is 1. The highest BCUT2D eigenvalue weighted by Gasteiger charge is 2.16. The van der Waals surface area contributed by atoms with E-state index in [0.717, 1.165) is 0 Å². The molecular weight excluding hydrogens is 292 g/mol. The number of sulfonamides is 1. The molecule has 0 saturated heterocycles. The number of aromatic nitrogens is 2. The van der Waals surface area contributed by atoms with Gasteiger partial charge in [0.25, 0.3) is 5.91 Å². The van der Waals surface area contributed by atoms with Crippen molar-refractivity contribution in [1.29, 1.82) is 0 Å². The summed E-state index contributed by atoms with van der Waals surface area (Å²) in [4.78, 5) is 16.0. The Morgan fingerprint density at radius 1 is 1.43 bits per heavy atom. The second-order valence-electron chi connectivity index (χ2n) is 4.70. The quantitative estimate of drug-likeness (QED) is 0.860. The maximum absolute atomic E-state index is 12.1. The first-order valence-corrected chi connectivity index (χ1v) is 7.73. The molecule has 1 unspecified atom stereocenters. The fourth-order valence-electron chi connectivity index (χ4n) is 1.89. The number of hydrogen-bond donors (Lipinski definition) is 2. The molecule has 7 nitrogen and oxygen atoms in total. The molecule has 0 saturated carbocycles. The minimum atomic E-state index is -3.76. The van der Waals surface area contributed by atoms with Crippen molar-refractivity contribution in [3.63, 3.8) is 0 Å². The lowest BCUT2D eigenvalue weighted by Gasteiger charge is -2.15. The molecule has 112 valence electrons. The number of nitrogens with zero attached hydrogens (tertiary/aromatic N) is 2. The van der Waals surface area contributed by atoms with Crippen LogP contribution in [0.1, 0.15) is 29.0 Å². The second-order valence-corrected chi connectivity index (χ2v) is 6.26. The molecule has 0 aliphatic rings. The Balaban J connectivity index is 2.19. The molecule has 2 aromatic rings. The zero-order valence-electron chi connectivity index (χ0n) is 11.6. The second kappa shape index (κ2) is 5.66. The lowest BCUT2D eigenvalue weighted by Crippen LogP contribution is -2.28. The third kappa shape index (κ3) is 3.47. The lowest BCUT2D eigenvalue weighted by molar-refractivity contribution is 0.0931. The van der Waals surface area contributed by atoms with E-state index in [0.29, 0.717) is 11.3 Å². The summed E-state index contributed by atoms with van der Waals surface area (Å²) in [5, 5.41) is 7.88. The summed E-state index contributed by atoms with van der Waals surface area (Å²) in [6.45, 7) is 1.76. The van der Waals surface area contributed by atoms with E-state index in [1.54, 1.807) is 30.7 Å². The van der Waals surface area contributed by atoms with Crippen LogP contribution in [0, 0.1) is 0 Å². The predicted molar refractivity (Wildman–Crippen MR) is 76.9 cm³/mol. The number of carbonyl (C=O) groups is 1. The molecule has 0 aliphatic carbocycles. The molecule has 3 N–H and O–H groups in total. The van der Waals surface area contributed by atoms with Gasteiger partial charge in [0.2, 0.25) is 10.0 Å². The van der Waals surface area contributed by atoms with E-state index in [-0.39, 0.29) is 16.8 Å². The Bertz CT molecular complexity index is 767. The molecule has 0 aliphatic heterocycles. The van der Waals surface area contributed by atoms with E-state index in [9.17, 15) is 13.2 Å². The maximum Gasteiger partial charge on any atom is 0.270 e. The van der Waals surface area contributed by atoms with Gasteiger partial charge in [-0.1, -0.05) is 12.1 Å². The Kier molecular flexibility index (Phi) is 4.10. The standard InChI is InChI=1S/C13H16N4O3S/c1-9(16-13(18)12-7-15-8-17(12)2)10-4-3-5-11(6-10)21(14,19)20/h3-9H,1-2H3,(H,16,18)(H2,14,19,20). The topological polar surface area (TPSA) is 107 Å². The molecule has 8 heteroatoms. The Morgan fingerprint density at radius 3 is 2.71 bits per heavy atom. The SMILES string of the molecule is CC(NC(=O)c1cncn1C)c1cccc(S(N)(=O)=O)c1. The van der Waals surface area contributed by atoms with Crippen molar-refractivity contribution >= 4 is 15.9 Å². The van der Waals surface area contributed by atoms with Crippen molar-refractivity contribution in [1.82, 2.24) is 14.9 Å². The lowest BCUT2D eigenvalue weighted by atomic mass is 10.1. The van der Waals surface area contributed by atoms with Crippen LogP contribution in [0.25, 0.3) is 0 Å². The highest BCUT2D eigenvalue weighted by atomic mass is 32.2. The van der Waals surface area contributed by atoms with Crippen LogP contribution in [0.3, 0.4) is 0 Å². The van der Waals surface area contributed by atoms with Gasteiger partial charge in [-0.05, 0) is 24.6 Å². The van der Waals surface area contributed by atoms with Crippen LogP contribution >= 0.6 is 0 Å². The molecule has 0 fully saturated rings. The minimum absolute atomic E-state index is 0.0154. The highest BCUT2D eigenvalue weighted by molar-refractivity contribution is 7.89. The van der Waals surface area contributed by atoms with Crippen LogP contribution in [0.2, 0.25) is 0 Å². The predicted octanol–water partition coefficient (Wildman–Crippen LogP) is 0.559. The van der Waals surface area contributed by atoms with Crippen molar-refractivity contribution < 1.29 is 13.2 Å².